The van der Waals surface area contributed by atoms with Gasteiger partial charge in [-0.2, -0.15) is 5.10 Å². The van der Waals surface area contributed by atoms with Gasteiger partial charge >= 0.3 is 0 Å². The molecule has 0 aliphatic rings. The molecule has 0 aliphatic heterocycles. The van der Waals surface area contributed by atoms with Gasteiger partial charge in [0.15, 0.2) is 0 Å². The van der Waals surface area contributed by atoms with Gasteiger partial charge in [-0.1, -0.05) is 0 Å². The fourth-order valence-corrected chi connectivity index (χ4v) is 2.65. The van der Waals surface area contributed by atoms with Crippen LogP contribution in [0.4, 0.5) is 14.5 Å². The lowest BCUT2D eigenvalue weighted by Crippen LogP contribution is -2.15. The number of anilines is 1. The summed E-state index contributed by atoms with van der Waals surface area (Å²) in [5, 5.41) is 6.81. The Balaban J connectivity index is 2.19. The summed E-state index contributed by atoms with van der Waals surface area (Å²) < 4.78 is 53.8. The number of benzene rings is 1. The molecule has 0 fully saturated rings. The molecule has 114 valence electrons. The standard InChI is InChI=1S/C12H14F2N4O2S/c1-15-2-3-18-8-12(7-16-18)21(19,20)17-11-5-9(13)4-10(14)6-11/h4-8,15,17H,2-3H2,1H3. The van der Waals surface area contributed by atoms with Gasteiger partial charge in [-0.05, 0) is 19.2 Å². The van der Waals surface area contributed by atoms with E-state index >= 15 is 0 Å². The quantitative estimate of drug-likeness (QED) is 0.839. The number of sulfonamides is 1. The third-order valence-electron chi connectivity index (χ3n) is 2.63. The van der Waals surface area contributed by atoms with Crippen molar-refractivity contribution in [3.8, 4) is 0 Å². The molecule has 0 radical (unpaired) electrons. The summed E-state index contributed by atoms with van der Waals surface area (Å²) in [6, 6.07) is 2.45. The summed E-state index contributed by atoms with van der Waals surface area (Å²) in [5.74, 6) is -1.73. The molecule has 0 amide bonds. The lowest BCUT2D eigenvalue weighted by Gasteiger charge is -2.06. The molecule has 0 bridgehead atoms. The van der Waals surface area contributed by atoms with E-state index in [1.54, 1.807) is 7.05 Å². The van der Waals surface area contributed by atoms with Crippen LogP contribution in [0, 0.1) is 11.6 Å². The summed E-state index contributed by atoms with van der Waals surface area (Å²) in [6.45, 7) is 1.13. The number of nitrogens with zero attached hydrogens (tertiary/aromatic N) is 2. The molecule has 2 rings (SSSR count). The highest BCUT2D eigenvalue weighted by atomic mass is 32.2. The first-order valence-electron chi connectivity index (χ1n) is 6.07. The number of nitrogens with one attached hydrogen (secondary N) is 2. The number of likely N-dealkylation sites (N-methyl/N-ethyl adjacent to an activating group) is 1. The number of aromatic nitrogens is 2. The number of hydrogen-bond acceptors (Lipinski definition) is 4. The van der Waals surface area contributed by atoms with E-state index in [0.29, 0.717) is 19.2 Å². The zero-order valence-corrected chi connectivity index (χ0v) is 12.0. The normalized spacial score (nSPS) is 11.6. The zero-order chi connectivity index (χ0) is 15.5. The fraction of sp³-hybridized carbons (Fsp3) is 0.250. The van der Waals surface area contributed by atoms with E-state index in [9.17, 15) is 17.2 Å². The monoisotopic (exact) mass is 316 g/mol. The lowest BCUT2D eigenvalue weighted by molar-refractivity contribution is 0.581. The van der Waals surface area contributed by atoms with Crippen LogP contribution >= 0.6 is 0 Å². The molecule has 9 heteroatoms. The largest absolute Gasteiger partial charge is 0.318 e. The van der Waals surface area contributed by atoms with Crippen molar-refractivity contribution in [2.75, 3.05) is 18.3 Å². The highest BCUT2D eigenvalue weighted by Crippen LogP contribution is 2.18. The minimum absolute atomic E-state index is 0.0803. The molecule has 21 heavy (non-hydrogen) atoms. The van der Waals surface area contributed by atoms with Crippen LogP contribution in [0.5, 0.6) is 0 Å². The third kappa shape index (κ3) is 3.99. The smallest absolute Gasteiger partial charge is 0.265 e. The topological polar surface area (TPSA) is 76.0 Å². The Labute approximate surface area is 120 Å². The fourth-order valence-electron chi connectivity index (χ4n) is 1.66. The van der Waals surface area contributed by atoms with Crippen molar-refractivity contribution in [2.45, 2.75) is 11.4 Å². The molecular formula is C12H14F2N4O2S. The first kappa shape index (κ1) is 15.4. The van der Waals surface area contributed by atoms with Crippen LogP contribution in [0.1, 0.15) is 0 Å². The average Bonchev–Trinajstić information content (AvgIpc) is 2.84. The van der Waals surface area contributed by atoms with Gasteiger partial charge in [0.1, 0.15) is 16.5 Å². The maximum atomic E-state index is 13.1. The molecular weight excluding hydrogens is 302 g/mol. The second-order valence-electron chi connectivity index (χ2n) is 4.31. The summed E-state index contributed by atoms with van der Waals surface area (Å²) in [5.41, 5.74) is -0.185. The Kier molecular flexibility index (Phi) is 4.53. The van der Waals surface area contributed by atoms with Crippen molar-refractivity contribution < 1.29 is 17.2 Å². The van der Waals surface area contributed by atoms with E-state index in [-0.39, 0.29) is 10.6 Å². The van der Waals surface area contributed by atoms with Crippen molar-refractivity contribution in [3.63, 3.8) is 0 Å². The molecule has 2 N–H and O–H groups in total. The Morgan fingerprint density at radius 1 is 1.24 bits per heavy atom. The van der Waals surface area contributed by atoms with Crippen LogP contribution in [0.2, 0.25) is 0 Å². The highest BCUT2D eigenvalue weighted by molar-refractivity contribution is 7.92. The number of hydrogen-bond donors (Lipinski definition) is 2. The maximum absolute atomic E-state index is 13.1. The maximum Gasteiger partial charge on any atom is 0.265 e. The Morgan fingerprint density at radius 2 is 1.90 bits per heavy atom. The molecule has 0 spiro atoms. The van der Waals surface area contributed by atoms with Gasteiger partial charge in [0.2, 0.25) is 0 Å². The van der Waals surface area contributed by atoms with E-state index < -0.39 is 21.7 Å². The molecule has 2 aromatic rings. The van der Waals surface area contributed by atoms with Gasteiger partial charge in [-0.3, -0.25) is 9.40 Å². The van der Waals surface area contributed by atoms with Gasteiger partial charge in [-0.15, -0.1) is 0 Å². The van der Waals surface area contributed by atoms with E-state index in [1.165, 1.54) is 17.1 Å². The van der Waals surface area contributed by atoms with Crippen molar-refractivity contribution in [1.29, 1.82) is 0 Å². The van der Waals surface area contributed by atoms with E-state index in [0.717, 1.165) is 12.1 Å². The van der Waals surface area contributed by atoms with Gasteiger partial charge in [-0.25, -0.2) is 17.2 Å². The highest BCUT2D eigenvalue weighted by Gasteiger charge is 2.17. The second-order valence-corrected chi connectivity index (χ2v) is 5.99. The molecule has 1 aromatic heterocycles. The van der Waals surface area contributed by atoms with Gasteiger partial charge in [0, 0.05) is 18.8 Å². The van der Waals surface area contributed by atoms with Crippen molar-refractivity contribution >= 4 is 15.7 Å². The Hall–Kier alpha value is -2.00. The van der Waals surface area contributed by atoms with Crippen LogP contribution in [-0.4, -0.2) is 31.8 Å². The van der Waals surface area contributed by atoms with E-state index in [4.69, 9.17) is 0 Å². The Morgan fingerprint density at radius 3 is 2.52 bits per heavy atom. The number of rotatable bonds is 6. The van der Waals surface area contributed by atoms with Crippen LogP contribution in [-0.2, 0) is 16.6 Å². The van der Waals surface area contributed by atoms with E-state index in [1.807, 2.05) is 0 Å². The van der Waals surface area contributed by atoms with E-state index in [2.05, 4.69) is 15.1 Å². The van der Waals surface area contributed by atoms with Gasteiger partial charge < -0.3 is 5.32 Å². The summed E-state index contributed by atoms with van der Waals surface area (Å²) in [4.78, 5) is -0.0803. The first-order chi connectivity index (χ1) is 9.90. The minimum Gasteiger partial charge on any atom is -0.318 e. The SMILES string of the molecule is CNCCn1cc(S(=O)(=O)Nc2cc(F)cc(F)c2)cn1. The molecule has 0 unspecified atom stereocenters. The van der Waals surface area contributed by atoms with Crippen LogP contribution < -0.4 is 10.0 Å². The molecule has 0 atom stereocenters. The molecule has 1 heterocycles. The van der Waals surface area contributed by atoms with Gasteiger partial charge in [0.05, 0.1) is 18.4 Å². The minimum atomic E-state index is -3.94. The lowest BCUT2D eigenvalue weighted by atomic mass is 10.3. The predicted molar refractivity (Wildman–Crippen MR) is 73.3 cm³/mol. The van der Waals surface area contributed by atoms with Crippen molar-refractivity contribution in [3.05, 3.63) is 42.2 Å². The zero-order valence-electron chi connectivity index (χ0n) is 11.2. The average molecular weight is 316 g/mol. The van der Waals surface area contributed by atoms with Crippen molar-refractivity contribution in [2.24, 2.45) is 0 Å². The second kappa shape index (κ2) is 6.19. The van der Waals surface area contributed by atoms with Crippen molar-refractivity contribution in [1.82, 2.24) is 15.1 Å². The number of halogens is 2. The Bertz CT molecular complexity index is 710. The molecule has 6 nitrogen and oxygen atoms in total. The predicted octanol–water partition coefficient (Wildman–Crippen LogP) is 1.18. The van der Waals surface area contributed by atoms with Crippen LogP contribution in [0.3, 0.4) is 0 Å². The van der Waals surface area contributed by atoms with Crippen LogP contribution in [0.15, 0.2) is 35.5 Å². The molecule has 1 aromatic carbocycles. The molecule has 0 saturated heterocycles. The van der Waals surface area contributed by atoms with Gasteiger partial charge in [0.25, 0.3) is 10.0 Å². The first-order valence-corrected chi connectivity index (χ1v) is 7.55. The third-order valence-corrected chi connectivity index (χ3v) is 3.96. The summed E-state index contributed by atoms with van der Waals surface area (Å²) in [6.07, 6.45) is 2.52. The summed E-state index contributed by atoms with van der Waals surface area (Å²) >= 11 is 0. The van der Waals surface area contributed by atoms with Crippen LogP contribution in [0.25, 0.3) is 0 Å². The molecule has 0 aliphatic carbocycles. The molecule has 0 saturated carbocycles. The summed E-state index contributed by atoms with van der Waals surface area (Å²) in [7, 11) is -2.17.